The average molecular weight is 394 g/mol. The van der Waals surface area contributed by atoms with Crippen LogP contribution in [0.2, 0.25) is 0 Å². The standard InChI is InChI=1S/C27H27N3/c1-3-10-22(11-4-1)20-29-18-9-14-24(17-19-29)27-28-25-15-7-8-16-26(25)30(27)21-23-12-5-2-6-13-23/h1-8,10-13,15-17H,9,14,18-21H2. The van der Waals surface area contributed by atoms with Crippen molar-refractivity contribution in [3.05, 3.63) is 108 Å². The lowest BCUT2D eigenvalue weighted by Crippen LogP contribution is -2.23. The van der Waals surface area contributed by atoms with Crippen LogP contribution in [0.5, 0.6) is 0 Å². The Kier molecular flexibility index (Phi) is 5.45. The van der Waals surface area contributed by atoms with Gasteiger partial charge in [0.25, 0.3) is 0 Å². The number of para-hydroxylation sites is 2. The minimum absolute atomic E-state index is 0.849. The van der Waals surface area contributed by atoms with E-state index in [1.807, 2.05) is 0 Å². The topological polar surface area (TPSA) is 21.1 Å². The van der Waals surface area contributed by atoms with Gasteiger partial charge in [0, 0.05) is 19.6 Å². The number of aromatic nitrogens is 2. The molecule has 0 aliphatic carbocycles. The zero-order chi connectivity index (χ0) is 20.2. The summed E-state index contributed by atoms with van der Waals surface area (Å²) in [5.41, 5.74) is 6.35. The average Bonchev–Trinajstić information content (AvgIpc) is 2.99. The summed E-state index contributed by atoms with van der Waals surface area (Å²) in [5.74, 6) is 1.13. The van der Waals surface area contributed by atoms with Gasteiger partial charge in [-0.3, -0.25) is 4.90 Å². The van der Waals surface area contributed by atoms with E-state index in [9.17, 15) is 0 Å². The molecule has 0 fully saturated rings. The van der Waals surface area contributed by atoms with Crippen LogP contribution in [0, 0.1) is 0 Å². The summed E-state index contributed by atoms with van der Waals surface area (Å²) in [6.07, 6.45) is 4.63. The summed E-state index contributed by atoms with van der Waals surface area (Å²) in [7, 11) is 0. The number of hydrogen-bond donors (Lipinski definition) is 0. The summed E-state index contributed by atoms with van der Waals surface area (Å²) in [6.45, 7) is 3.94. The van der Waals surface area contributed by atoms with Crippen molar-refractivity contribution in [3.8, 4) is 0 Å². The maximum Gasteiger partial charge on any atom is 0.137 e. The first-order valence-electron chi connectivity index (χ1n) is 10.8. The number of rotatable bonds is 5. The van der Waals surface area contributed by atoms with Crippen LogP contribution in [0.25, 0.3) is 16.6 Å². The molecule has 1 aliphatic rings. The van der Waals surface area contributed by atoms with E-state index in [-0.39, 0.29) is 0 Å². The first-order valence-corrected chi connectivity index (χ1v) is 10.8. The van der Waals surface area contributed by atoms with Crippen LogP contribution >= 0.6 is 0 Å². The van der Waals surface area contributed by atoms with Crippen LogP contribution in [-0.4, -0.2) is 27.5 Å². The maximum atomic E-state index is 5.06. The van der Waals surface area contributed by atoms with Gasteiger partial charge in [0.05, 0.1) is 11.0 Å². The molecule has 3 nitrogen and oxygen atoms in total. The van der Waals surface area contributed by atoms with Crippen molar-refractivity contribution in [3.63, 3.8) is 0 Å². The van der Waals surface area contributed by atoms with Crippen molar-refractivity contribution in [2.75, 3.05) is 13.1 Å². The second kappa shape index (κ2) is 8.68. The molecule has 1 aromatic heterocycles. The third kappa shape index (κ3) is 4.07. The normalized spacial score (nSPS) is 15.1. The zero-order valence-corrected chi connectivity index (χ0v) is 17.2. The summed E-state index contributed by atoms with van der Waals surface area (Å²) in [6, 6.07) is 30.0. The second-order valence-electron chi connectivity index (χ2n) is 8.05. The fraction of sp³-hybridized carbons (Fsp3) is 0.222. The van der Waals surface area contributed by atoms with Crippen LogP contribution in [0.15, 0.2) is 91.0 Å². The van der Waals surface area contributed by atoms with Gasteiger partial charge in [-0.2, -0.15) is 0 Å². The molecule has 0 amide bonds. The highest BCUT2D eigenvalue weighted by atomic mass is 15.1. The second-order valence-corrected chi connectivity index (χ2v) is 8.05. The molecule has 0 saturated heterocycles. The molecule has 0 N–H and O–H groups in total. The fourth-order valence-corrected chi connectivity index (χ4v) is 4.36. The lowest BCUT2D eigenvalue weighted by molar-refractivity contribution is 0.297. The number of benzene rings is 3. The Bertz CT molecular complexity index is 1140. The molecule has 0 spiro atoms. The molecule has 2 heterocycles. The highest BCUT2D eigenvalue weighted by Crippen LogP contribution is 2.27. The van der Waals surface area contributed by atoms with E-state index in [1.165, 1.54) is 22.2 Å². The van der Waals surface area contributed by atoms with Gasteiger partial charge in [-0.05, 0) is 48.2 Å². The van der Waals surface area contributed by atoms with E-state index >= 15 is 0 Å². The van der Waals surface area contributed by atoms with Crippen molar-refractivity contribution in [2.45, 2.75) is 25.9 Å². The molecule has 0 atom stereocenters. The quantitative estimate of drug-likeness (QED) is 0.429. The molecule has 5 rings (SSSR count). The fourth-order valence-electron chi connectivity index (χ4n) is 4.36. The number of fused-ring (bicyclic) bond motifs is 1. The van der Waals surface area contributed by atoms with Crippen molar-refractivity contribution in [2.24, 2.45) is 0 Å². The van der Waals surface area contributed by atoms with E-state index < -0.39 is 0 Å². The van der Waals surface area contributed by atoms with Crippen LogP contribution in [0.4, 0.5) is 0 Å². The SMILES string of the molecule is C1=C(c2nc3ccccc3n2Cc2ccccc2)CCCN(Cc2ccccc2)C1. The van der Waals surface area contributed by atoms with Gasteiger partial charge in [0.2, 0.25) is 0 Å². The lowest BCUT2D eigenvalue weighted by atomic mass is 10.1. The molecule has 4 aromatic rings. The zero-order valence-electron chi connectivity index (χ0n) is 17.2. The van der Waals surface area contributed by atoms with Crippen LogP contribution in [0.3, 0.4) is 0 Å². The Labute approximate surface area is 178 Å². The maximum absolute atomic E-state index is 5.06. The van der Waals surface area contributed by atoms with Gasteiger partial charge in [-0.1, -0.05) is 78.9 Å². The first kappa shape index (κ1) is 18.8. The van der Waals surface area contributed by atoms with E-state index in [2.05, 4.69) is 100 Å². The minimum Gasteiger partial charge on any atom is -0.320 e. The Hall–Kier alpha value is -3.17. The molecule has 0 saturated carbocycles. The highest BCUT2D eigenvalue weighted by molar-refractivity contribution is 5.80. The third-order valence-corrected chi connectivity index (χ3v) is 5.89. The first-order chi connectivity index (χ1) is 14.9. The largest absolute Gasteiger partial charge is 0.320 e. The summed E-state index contributed by atoms with van der Waals surface area (Å²) in [5, 5.41) is 0. The minimum atomic E-state index is 0.849. The van der Waals surface area contributed by atoms with Gasteiger partial charge in [-0.15, -0.1) is 0 Å². The molecule has 30 heavy (non-hydrogen) atoms. The monoisotopic (exact) mass is 393 g/mol. The van der Waals surface area contributed by atoms with Gasteiger partial charge in [0.15, 0.2) is 0 Å². The number of imidazole rings is 1. The number of allylic oxidation sites excluding steroid dienone is 1. The van der Waals surface area contributed by atoms with Crippen molar-refractivity contribution in [1.82, 2.24) is 14.5 Å². The lowest BCUT2D eigenvalue weighted by Gasteiger charge is -2.18. The van der Waals surface area contributed by atoms with E-state index in [1.54, 1.807) is 0 Å². The molecule has 0 unspecified atom stereocenters. The van der Waals surface area contributed by atoms with E-state index in [4.69, 9.17) is 4.98 Å². The Morgan fingerprint density at radius 3 is 2.17 bits per heavy atom. The Morgan fingerprint density at radius 2 is 1.40 bits per heavy atom. The summed E-state index contributed by atoms with van der Waals surface area (Å²) < 4.78 is 2.39. The Balaban J connectivity index is 1.45. The molecule has 3 heteroatoms. The van der Waals surface area contributed by atoms with E-state index in [0.717, 1.165) is 50.4 Å². The van der Waals surface area contributed by atoms with Crippen LogP contribution in [0.1, 0.15) is 29.8 Å². The predicted molar refractivity (Wildman–Crippen MR) is 124 cm³/mol. The van der Waals surface area contributed by atoms with Crippen LogP contribution < -0.4 is 0 Å². The molecule has 150 valence electrons. The van der Waals surface area contributed by atoms with Crippen molar-refractivity contribution < 1.29 is 0 Å². The molecule has 0 bridgehead atoms. The highest BCUT2D eigenvalue weighted by Gasteiger charge is 2.18. The third-order valence-electron chi connectivity index (χ3n) is 5.89. The molecular formula is C27H27N3. The van der Waals surface area contributed by atoms with Gasteiger partial charge in [-0.25, -0.2) is 4.98 Å². The molecular weight excluding hydrogens is 366 g/mol. The van der Waals surface area contributed by atoms with E-state index in [0.29, 0.717) is 0 Å². The summed E-state index contributed by atoms with van der Waals surface area (Å²) in [4.78, 5) is 7.59. The Morgan fingerprint density at radius 1 is 0.733 bits per heavy atom. The van der Waals surface area contributed by atoms with Crippen LogP contribution in [-0.2, 0) is 13.1 Å². The molecule has 0 radical (unpaired) electrons. The smallest absolute Gasteiger partial charge is 0.137 e. The van der Waals surface area contributed by atoms with Crippen molar-refractivity contribution in [1.29, 1.82) is 0 Å². The summed E-state index contributed by atoms with van der Waals surface area (Å²) >= 11 is 0. The van der Waals surface area contributed by atoms with Crippen molar-refractivity contribution >= 4 is 16.6 Å². The predicted octanol–water partition coefficient (Wildman–Crippen LogP) is 5.76. The van der Waals surface area contributed by atoms with Gasteiger partial charge < -0.3 is 4.57 Å². The van der Waals surface area contributed by atoms with Gasteiger partial charge >= 0.3 is 0 Å². The molecule has 3 aromatic carbocycles. The number of hydrogen-bond acceptors (Lipinski definition) is 2. The number of nitrogens with zero attached hydrogens (tertiary/aromatic N) is 3. The van der Waals surface area contributed by atoms with Gasteiger partial charge in [0.1, 0.15) is 5.82 Å². The molecule has 1 aliphatic heterocycles.